The van der Waals surface area contributed by atoms with Crippen LogP contribution >= 0.6 is 23.2 Å². The van der Waals surface area contributed by atoms with E-state index in [1.165, 1.54) is 6.07 Å². The molecule has 76 valence electrons. The zero-order chi connectivity index (χ0) is 10.8. The highest BCUT2D eigenvalue weighted by molar-refractivity contribution is 6.31. The van der Waals surface area contributed by atoms with Gasteiger partial charge in [0.1, 0.15) is 5.82 Å². The van der Waals surface area contributed by atoms with E-state index in [-0.39, 0.29) is 5.02 Å². The van der Waals surface area contributed by atoms with Crippen molar-refractivity contribution < 1.29 is 4.39 Å². The summed E-state index contributed by atoms with van der Waals surface area (Å²) < 4.78 is 13.2. The van der Waals surface area contributed by atoms with E-state index < -0.39 is 5.82 Å². The molecule has 0 spiro atoms. The van der Waals surface area contributed by atoms with Crippen LogP contribution in [-0.4, -0.2) is 0 Å². The lowest BCUT2D eigenvalue weighted by atomic mass is 10.1. The van der Waals surface area contributed by atoms with Crippen LogP contribution in [-0.2, 0) is 0 Å². The zero-order valence-corrected chi connectivity index (χ0v) is 9.19. The lowest BCUT2D eigenvalue weighted by Gasteiger charge is -2.02. The van der Waals surface area contributed by atoms with Crippen molar-refractivity contribution in [2.75, 3.05) is 0 Å². The second-order valence-corrected chi connectivity index (χ2v) is 3.98. The van der Waals surface area contributed by atoms with Gasteiger partial charge in [0, 0.05) is 5.02 Å². The van der Waals surface area contributed by atoms with Crippen molar-refractivity contribution >= 4 is 23.2 Å². The number of halogens is 3. The molecule has 0 bridgehead atoms. The minimum absolute atomic E-state index is 0.132. The molecule has 0 aliphatic heterocycles. The highest BCUT2D eigenvalue weighted by atomic mass is 35.5. The summed E-state index contributed by atoms with van der Waals surface area (Å²) >= 11 is 11.4. The second kappa shape index (κ2) is 4.21. The Morgan fingerprint density at radius 2 is 1.40 bits per heavy atom. The monoisotopic (exact) mass is 240 g/mol. The third-order valence-corrected chi connectivity index (χ3v) is 2.66. The van der Waals surface area contributed by atoms with E-state index in [9.17, 15) is 4.39 Å². The molecule has 0 radical (unpaired) electrons. The van der Waals surface area contributed by atoms with Gasteiger partial charge < -0.3 is 0 Å². The third-order valence-electron chi connectivity index (χ3n) is 2.10. The first-order valence-corrected chi connectivity index (χ1v) is 5.13. The molecule has 0 heterocycles. The molecule has 0 saturated carbocycles. The van der Waals surface area contributed by atoms with E-state index in [2.05, 4.69) is 0 Å². The highest BCUT2D eigenvalue weighted by Crippen LogP contribution is 2.25. The molecule has 2 aromatic carbocycles. The lowest BCUT2D eigenvalue weighted by molar-refractivity contribution is 0.629. The van der Waals surface area contributed by atoms with Crippen LogP contribution in [0.5, 0.6) is 0 Å². The van der Waals surface area contributed by atoms with Gasteiger partial charge in [0.05, 0.1) is 5.02 Å². The van der Waals surface area contributed by atoms with Crippen LogP contribution in [0.1, 0.15) is 0 Å². The van der Waals surface area contributed by atoms with Gasteiger partial charge in [-0.15, -0.1) is 0 Å². The molecular formula is C12H7Cl2F. The van der Waals surface area contributed by atoms with Crippen LogP contribution in [0.3, 0.4) is 0 Å². The summed E-state index contributed by atoms with van der Waals surface area (Å²) in [5.41, 5.74) is 1.70. The van der Waals surface area contributed by atoms with Gasteiger partial charge in [0.2, 0.25) is 0 Å². The Labute approximate surface area is 97.3 Å². The largest absolute Gasteiger partial charge is 0.205 e. The summed E-state index contributed by atoms with van der Waals surface area (Å²) in [6.45, 7) is 0. The van der Waals surface area contributed by atoms with Gasteiger partial charge in [-0.1, -0.05) is 41.4 Å². The zero-order valence-electron chi connectivity index (χ0n) is 7.68. The highest BCUT2D eigenvalue weighted by Gasteiger charge is 2.02. The van der Waals surface area contributed by atoms with E-state index in [1.54, 1.807) is 24.3 Å². The Balaban J connectivity index is 2.45. The summed E-state index contributed by atoms with van der Waals surface area (Å²) in [6, 6.07) is 11.9. The molecule has 0 N–H and O–H groups in total. The molecular weight excluding hydrogens is 234 g/mol. The van der Waals surface area contributed by atoms with E-state index in [4.69, 9.17) is 23.2 Å². The Bertz CT molecular complexity index is 477. The standard InChI is InChI=1S/C12H7Cl2F/c13-10-4-1-8(2-5-10)9-3-6-11(14)12(15)7-9/h1-7H. The van der Waals surface area contributed by atoms with Crippen molar-refractivity contribution in [3.05, 3.63) is 58.3 Å². The maximum absolute atomic E-state index is 13.2. The number of hydrogen-bond acceptors (Lipinski definition) is 0. The molecule has 0 unspecified atom stereocenters. The Morgan fingerprint density at radius 1 is 0.800 bits per heavy atom. The molecule has 2 rings (SSSR count). The van der Waals surface area contributed by atoms with Crippen molar-refractivity contribution in [2.24, 2.45) is 0 Å². The first kappa shape index (κ1) is 10.5. The van der Waals surface area contributed by atoms with Crippen LogP contribution in [0.4, 0.5) is 4.39 Å². The topological polar surface area (TPSA) is 0 Å². The Kier molecular flexibility index (Phi) is 2.94. The average molecular weight is 241 g/mol. The van der Waals surface area contributed by atoms with E-state index in [0.717, 1.165) is 11.1 Å². The first-order chi connectivity index (χ1) is 7.16. The SMILES string of the molecule is Fc1cc(-c2ccc(Cl)cc2)ccc1Cl. The molecule has 3 heteroatoms. The summed E-state index contributed by atoms with van der Waals surface area (Å²) in [5, 5.41) is 0.792. The van der Waals surface area contributed by atoms with Crippen molar-refractivity contribution in [2.45, 2.75) is 0 Å². The van der Waals surface area contributed by atoms with Crippen molar-refractivity contribution in [1.82, 2.24) is 0 Å². The van der Waals surface area contributed by atoms with Crippen molar-refractivity contribution in [1.29, 1.82) is 0 Å². The smallest absolute Gasteiger partial charge is 0.142 e. The third kappa shape index (κ3) is 2.31. The van der Waals surface area contributed by atoms with Gasteiger partial charge in [-0.2, -0.15) is 0 Å². The fourth-order valence-electron chi connectivity index (χ4n) is 1.32. The Hall–Kier alpha value is -1.05. The van der Waals surface area contributed by atoms with Crippen LogP contribution in [0.15, 0.2) is 42.5 Å². The van der Waals surface area contributed by atoms with Gasteiger partial charge in [-0.05, 0) is 35.4 Å². The van der Waals surface area contributed by atoms with E-state index >= 15 is 0 Å². The number of benzene rings is 2. The van der Waals surface area contributed by atoms with Crippen molar-refractivity contribution in [3.8, 4) is 11.1 Å². The molecule has 0 amide bonds. The van der Waals surface area contributed by atoms with Gasteiger partial charge >= 0.3 is 0 Å². The summed E-state index contributed by atoms with van der Waals surface area (Å²) in [6.07, 6.45) is 0. The van der Waals surface area contributed by atoms with E-state index in [1.807, 2.05) is 12.1 Å². The van der Waals surface area contributed by atoms with E-state index in [0.29, 0.717) is 5.02 Å². The predicted molar refractivity (Wildman–Crippen MR) is 61.9 cm³/mol. The van der Waals surface area contributed by atoms with Crippen LogP contribution in [0.2, 0.25) is 10.0 Å². The van der Waals surface area contributed by atoms with Crippen LogP contribution < -0.4 is 0 Å². The van der Waals surface area contributed by atoms with Gasteiger partial charge in [0.25, 0.3) is 0 Å². The summed E-state index contributed by atoms with van der Waals surface area (Å²) in [7, 11) is 0. The first-order valence-electron chi connectivity index (χ1n) is 4.38. The average Bonchev–Trinajstić information content (AvgIpc) is 2.23. The summed E-state index contributed by atoms with van der Waals surface area (Å²) in [4.78, 5) is 0. The molecule has 15 heavy (non-hydrogen) atoms. The molecule has 0 aliphatic carbocycles. The maximum atomic E-state index is 13.2. The normalized spacial score (nSPS) is 10.3. The minimum Gasteiger partial charge on any atom is -0.205 e. The van der Waals surface area contributed by atoms with Crippen LogP contribution in [0.25, 0.3) is 11.1 Å². The quantitative estimate of drug-likeness (QED) is 0.672. The minimum atomic E-state index is -0.413. The Morgan fingerprint density at radius 3 is 2.00 bits per heavy atom. The molecule has 0 aromatic heterocycles. The predicted octanol–water partition coefficient (Wildman–Crippen LogP) is 4.80. The maximum Gasteiger partial charge on any atom is 0.142 e. The molecule has 2 aromatic rings. The fourth-order valence-corrected chi connectivity index (χ4v) is 1.56. The molecule has 0 aliphatic rings. The number of hydrogen-bond donors (Lipinski definition) is 0. The molecule has 0 saturated heterocycles. The molecule has 0 nitrogen and oxygen atoms in total. The fraction of sp³-hybridized carbons (Fsp3) is 0. The van der Waals surface area contributed by atoms with Gasteiger partial charge in [0.15, 0.2) is 0 Å². The van der Waals surface area contributed by atoms with Gasteiger partial charge in [-0.3, -0.25) is 0 Å². The molecule has 0 atom stereocenters. The van der Waals surface area contributed by atoms with Gasteiger partial charge in [-0.25, -0.2) is 4.39 Å². The summed E-state index contributed by atoms with van der Waals surface area (Å²) in [5.74, 6) is -0.413. The molecule has 0 fully saturated rings. The van der Waals surface area contributed by atoms with Crippen LogP contribution in [0, 0.1) is 5.82 Å². The second-order valence-electron chi connectivity index (χ2n) is 3.14. The van der Waals surface area contributed by atoms with Crippen molar-refractivity contribution in [3.63, 3.8) is 0 Å². The lowest BCUT2D eigenvalue weighted by Crippen LogP contribution is -1.81. The number of rotatable bonds is 1.